The molecule has 0 unspecified atom stereocenters. The van der Waals surface area contributed by atoms with Crippen molar-refractivity contribution in [3.05, 3.63) is 47.7 Å². The van der Waals surface area contributed by atoms with Gasteiger partial charge in [-0.1, -0.05) is 6.42 Å². The summed E-state index contributed by atoms with van der Waals surface area (Å²) in [6.45, 7) is 4.72. The lowest BCUT2D eigenvalue weighted by Crippen LogP contribution is -2.36. The third kappa shape index (κ3) is 4.91. The van der Waals surface area contributed by atoms with E-state index in [1.807, 2.05) is 13.0 Å². The van der Waals surface area contributed by atoms with Crippen molar-refractivity contribution in [3.63, 3.8) is 0 Å². The summed E-state index contributed by atoms with van der Waals surface area (Å²) in [5, 5.41) is 2.85. The van der Waals surface area contributed by atoms with Gasteiger partial charge in [0.05, 0.1) is 10.5 Å². The fourth-order valence-corrected chi connectivity index (χ4v) is 5.85. The summed E-state index contributed by atoms with van der Waals surface area (Å²) in [4.78, 5) is 19.8. The maximum atomic E-state index is 13.3. The molecule has 8 heteroatoms. The molecule has 2 aliphatic heterocycles. The lowest BCUT2D eigenvalue weighted by molar-refractivity contribution is 0.102. The summed E-state index contributed by atoms with van der Waals surface area (Å²) in [5.74, 6) is 0.119. The van der Waals surface area contributed by atoms with E-state index in [0.717, 1.165) is 56.4 Å². The number of amides is 1. The summed E-state index contributed by atoms with van der Waals surface area (Å²) in [6, 6.07) is 8.64. The van der Waals surface area contributed by atoms with E-state index in [4.69, 9.17) is 0 Å². The molecule has 0 radical (unpaired) electrons. The zero-order valence-corrected chi connectivity index (χ0v) is 18.8. The van der Waals surface area contributed by atoms with Gasteiger partial charge in [0.25, 0.3) is 5.91 Å². The number of carbonyl (C=O) groups is 1. The number of piperidine rings is 2. The monoisotopic (exact) mass is 442 g/mol. The third-order valence-corrected chi connectivity index (χ3v) is 7.91. The number of anilines is 2. The largest absolute Gasteiger partial charge is 0.371 e. The van der Waals surface area contributed by atoms with E-state index in [1.165, 1.54) is 10.7 Å². The van der Waals surface area contributed by atoms with Crippen molar-refractivity contribution < 1.29 is 13.2 Å². The Morgan fingerprint density at radius 3 is 2.29 bits per heavy atom. The minimum Gasteiger partial charge on any atom is -0.371 e. The molecule has 4 rings (SSSR count). The second kappa shape index (κ2) is 9.36. The summed E-state index contributed by atoms with van der Waals surface area (Å²) in [5.41, 5.74) is 2.15. The molecule has 166 valence electrons. The van der Waals surface area contributed by atoms with Crippen LogP contribution in [0, 0.1) is 6.92 Å². The minimum atomic E-state index is -3.63. The zero-order chi connectivity index (χ0) is 21.8. The Hall–Kier alpha value is -2.45. The van der Waals surface area contributed by atoms with Crippen LogP contribution in [0.3, 0.4) is 0 Å². The normalized spacial score (nSPS) is 18.0. The van der Waals surface area contributed by atoms with Gasteiger partial charge < -0.3 is 10.2 Å². The zero-order valence-electron chi connectivity index (χ0n) is 18.0. The molecule has 31 heavy (non-hydrogen) atoms. The highest BCUT2D eigenvalue weighted by atomic mass is 32.2. The second-order valence-corrected chi connectivity index (χ2v) is 10.3. The molecule has 0 aliphatic carbocycles. The summed E-state index contributed by atoms with van der Waals surface area (Å²) in [6.07, 6.45) is 7.75. The SMILES string of the molecule is Cc1ccnc(NC(=O)c2cc(S(=O)(=O)N3CCCCC3)ccc2N2CCCCC2)c1. The van der Waals surface area contributed by atoms with E-state index in [1.54, 1.807) is 30.5 Å². The molecular formula is C23H30N4O3S. The molecule has 0 bridgehead atoms. The smallest absolute Gasteiger partial charge is 0.258 e. The first-order chi connectivity index (χ1) is 14.9. The lowest BCUT2D eigenvalue weighted by Gasteiger charge is -2.31. The second-order valence-electron chi connectivity index (χ2n) is 8.36. The van der Waals surface area contributed by atoms with Crippen molar-refractivity contribution in [2.24, 2.45) is 0 Å². The molecule has 2 saturated heterocycles. The molecule has 0 atom stereocenters. The first-order valence-electron chi connectivity index (χ1n) is 11.1. The topological polar surface area (TPSA) is 82.6 Å². The Morgan fingerprint density at radius 1 is 0.935 bits per heavy atom. The molecule has 1 amide bonds. The average Bonchev–Trinajstić information content (AvgIpc) is 2.80. The first kappa shape index (κ1) is 21.8. The van der Waals surface area contributed by atoms with E-state index in [2.05, 4.69) is 15.2 Å². The van der Waals surface area contributed by atoms with Crippen molar-refractivity contribution in [2.75, 3.05) is 36.4 Å². The Balaban J connectivity index is 1.70. The number of nitrogens with one attached hydrogen (secondary N) is 1. The molecule has 2 fully saturated rings. The van der Waals surface area contributed by atoms with Crippen LogP contribution in [0.25, 0.3) is 0 Å². The molecule has 1 N–H and O–H groups in total. The highest BCUT2D eigenvalue weighted by Gasteiger charge is 2.28. The van der Waals surface area contributed by atoms with Crippen molar-refractivity contribution in [1.82, 2.24) is 9.29 Å². The van der Waals surface area contributed by atoms with Gasteiger partial charge in [0, 0.05) is 38.1 Å². The number of pyridine rings is 1. The van der Waals surface area contributed by atoms with Crippen molar-refractivity contribution in [2.45, 2.75) is 50.3 Å². The van der Waals surface area contributed by atoms with Crippen LogP contribution in [0.15, 0.2) is 41.4 Å². The van der Waals surface area contributed by atoms with E-state index in [9.17, 15) is 13.2 Å². The van der Waals surface area contributed by atoms with Gasteiger partial charge in [0.15, 0.2) is 0 Å². The summed E-state index contributed by atoms with van der Waals surface area (Å²) >= 11 is 0. The van der Waals surface area contributed by atoms with E-state index >= 15 is 0 Å². The number of benzene rings is 1. The van der Waals surface area contributed by atoms with Gasteiger partial charge in [-0.15, -0.1) is 0 Å². The van der Waals surface area contributed by atoms with Gasteiger partial charge in [-0.3, -0.25) is 4.79 Å². The minimum absolute atomic E-state index is 0.178. The molecule has 3 heterocycles. The predicted molar refractivity (Wildman–Crippen MR) is 122 cm³/mol. The molecule has 2 aliphatic rings. The van der Waals surface area contributed by atoms with E-state index < -0.39 is 10.0 Å². The number of hydrogen-bond donors (Lipinski definition) is 1. The van der Waals surface area contributed by atoms with Gasteiger partial charge in [-0.05, 0) is 74.9 Å². The molecule has 7 nitrogen and oxygen atoms in total. The van der Waals surface area contributed by atoms with E-state index in [-0.39, 0.29) is 10.8 Å². The molecule has 0 spiro atoms. The Labute approximate surface area is 184 Å². The van der Waals surface area contributed by atoms with Gasteiger partial charge in [-0.2, -0.15) is 4.31 Å². The molecule has 1 aromatic heterocycles. The van der Waals surface area contributed by atoms with Crippen LogP contribution in [0.2, 0.25) is 0 Å². The number of aromatic nitrogens is 1. The average molecular weight is 443 g/mol. The van der Waals surface area contributed by atoms with Crippen LogP contribution < -0.4 is 10.2 Å². The maximum absolute atomic E-state index is 13.3. The maximum Gasteiger partial charge on any atom is 0.258 e. The Bertz CT molecular complexity index is 1040. The van der Waals surface area contributed by atoms with Crippen molar-refractivity contribution in [1.29, 1.82) is 0 Å². The van der Waals surface area contributed by atoms with E-state index in [0.29, 0.717) is 24.5 Å². The number of hydrogen-bond acceptors (Lipinski definition) is 5. The predicted octanol–water partition coefficient (Wildman–Crippen LogP) is 3.81. The van der Waals surface area contributed by atoms with Gasteiger partial charge in [0.1, 0.15) is 5.82 Å². The Kier molecular flexibility index (Phi) is 6.57. The highest BCUT2D eigenvalue weighted by Crippen LogP contribution is 2.29. The van der Waals surface area contributed by atoms with Gasteiger partial charge in [-0.25, -0.2) is 13.4 Å². The summed E-state index contributed by atoms with van der Waals surface area (Å²) in [7, 11) is -3.63. The Morgan fingerprint density at radius 2 is 1.61 bits per heavy atom. The fraction of sp³-hybridized carbons (Fsp3) is 0.478. The standard InChI is InChI=1S/C23H30N4O3S/c1-18-10-11-24-22(16-18)25-23(28)20-17-19(31(29,30)27-14-6-3-7-15-27)8-9-21(20)26-12-4-2-5-13-26/h8-11,16-17H,2-7,12-15H2,1H3,(H,24,25,28). The quantitative estimate of drug-likeness (QED) is 0.761. The third-order valence-electron chi connectivity index (χ3n) is 6.02. The number of rotatable bonds is 5. The van der Waals surface area contributed by atoms with Crippen LogP contribution in [-0.2, 0) is 10.0 Å². The van der Waals surface area contributed by atoms with Crippen LogP contribution in [0.1, 0.15) is 54.4 Å². The number of sulfonamides is 1. The molecule has 1 aromatic carbocycles. The van der Waals surface area contributed by atoms with Crippen LogP contribution in [0.4, 0.5) is 11.5 Å². The van der Waals surface area contributed by atoms with Crippen molar-refractivity contribution in [3.8, 4) is 0 Å². The number of aryl methyl sites for hydroxylation is 1. The molecule has 0 saturated carbocycles. The highest BCUT2D eigenvalue weighted by molar-refractivity contribution is 7.89. The van der Waals surface area contributed by atoms with Crippen LogP contribution in [-0.4, -0.2) is 49.8 Å². The van der Waals surface area contributed by atoms with Crippen molar-refractivity contribution >= 4 is 27.4 Å². The fourth-order valence-electron chi connectivity index (χ4n) is 4.31. The van der Waals surface area contributed by atoms with Crippen LogP contribution in [0.5, 0.6) is 0 Å². The van der Waals surface area contributed by atoms with Gasteiger partial charge in [0.2, 0.25) is 10.0 Å². The number of carbonyl (C=O) groups excluding carboxylic acids is 1. The lowest BCUT2D eigenvalue weighted by atomic mass is 10.1. The van der Waals surface area contributed by atoms with Gasteiger partial charge >= 0.3 is 0 Å². The first-order valence-corrected chi connectivity index (χ1v) is 12.5. The molecular weight excluding hydrogens is 412 g/mol. The summed E-state index contributed by atoms with van der Waals surface area (Å²) < 4.78 is 28.0. The number of nitrogens with zero attached hydrogens (tertiary/aromatic N) is 3. The van der Waals surface area contributed by atoms with Crippen LogP contribution >= 0.6 is 0 Å². The molecule has 2 aromatic rings.